The van der Waals surface area contributed by atoms with Gasteiger partial charge in [-0.25, -0.2) is 16.8 Å². The summed E-state index contributed by atoms with van der Waals surface area (Å²) in [7, 11) is -8.81. The molecule has 9 heteroatoms. The maximum Gasteiger partial charge on any atom is 2.00 e. The molecule has 4 aromatic carbocycles. The number of aryl methyl sites for hydroxylation is 4. The standard InChI is InChI=1S/2C14H16O3S.Ca/c2*1-3-10-6-5-7-13-11(4-2)14(18(15,16)17)9-8-12(10)13;/h2*5-9H,3-4H2,1-2H3,(H,15,16,17);/q;;+2/p-2. The number of hydrogen-bond acceptors (Lipinski definition) is 6. The van der Waals surface area contributed by atoms with E-state index in [1.165, 1.54) is 12.1 Å². The van der Waals surface area contributed by atoms with Gasteiger partial charge >= 0.3 is 37.7 Å². The van der Waals surface area contributed by atoms with Crippen LogP contribution in [0, 0.1) is 0 Å². The molecular weight excluding hydrogens is 537 g/mol. The summed E-state index contributed by atoms with van der Waals surface area (Å²) in [5.41, 5.74) is 3.57. The molecule has 6 nitrogen and oxygen atoms in total. The maximum atomic E-state index is 11.3. The molecule has 4 aromatic rings. The van der Waals surface area contributed by atoms with Gasteiger partial charge in [-0.1, -0.05) is 76.2 Å². The second-order valence-electron chi connectivity index (χ2n) is 8.43. The predicted molar refractivity (Wildman–Crippen MR) is 147 cm³/mol. The average molecular weight is 567 g/mol. The summed E-state index contributed by atoms with van der Waals surface area (Å²) >= 11 is 0. The molecular formula is C28H30CaO6S2. The summed E-state index contributed by atoms with van der Waals surface area (Å²) in [6.07, 6.45) is 2.82. The van der Waals surface area contributed by atoms with Crippen molar-refractivity contribution in [2.75, 3.05) is 0 Å². The zero-order valence-electron chi connectivity index (χ0n) is 21.6. The fourth-order valence-corrected chi connectivity index (χ4v) is 6.33. The molecule has 0 aliphatic rings. The monoisotopic (exact) mass is 566 g/mol. The molecule has 4 rings (SSSR count). The van der Waals surface area contributed by atoms with Gasteiger partial charge < -0.3 is 9.11 Å². The van der Waals surface area contributed by atoms with Gasteiger partial charge in [-0.3, -0.25) is 0 Å². The summed E-state index contributed by atoms with van der Waals surface area (Å²) in [4.78, 5) is -0.184. The molecule has 0 fully saturated rings. The molecule has 0 heterocycles. The van der Waals surface area contributed by atoms with Crippen LogP contribution in [0.15, 0.2) is 70.5 Å². The second-order valence-corrected chi connectivity index (χ2v) is 11.1. The first-order valence-electron chi connectivity index (χ1n) is 12.0. The van der Waals surface area contributed by atoms with Crippen LogP contribution in [0.1, 0.15) is 49.9 Å². The first kappa shape index (κ1) is 31.7. The van der Waals surface area contributed by atoms with Crippen LogP contribution in [0.2, 0.25) is 0 Å². The molecule has 0 atom stereocenters. The molecule has 0 spiro atoms. The van der Waals surface area contributed by atoms with Gasteiger partial charge in [0.15, 0.2) is 0 Å². The van der Waals surface area contributed by atoms with E-state index < -0.39 is 20.2 Å². The Balaban J connectivity index is 0.000000253. The van der Waals surface area contributed by atoms with E-state index in [4.69, 9.17) is 0 Å². The third-order valence-corrected chi connectivity index (χ3v) is 8.29. The normalized spacial score (nSPS) is 11.6. The topological polar surface area (TPSA) is 114 Å². The van der Waals surface area contributed by atoms with Crippen LogP contribution in [-0.4, -0.2) is 63.7 Å². The Morgan fingerprint density at radius 1 is 0.514 bits per heavy atom. The average Bonchev–Trinajstić information content (AvgIpc) is 2.85. The fraction of sp³-hybridized carbons (Fsp3) is 0.286. The van der Waals surface area contributed by atoms with Crippen LogP contribution in [0.4, 0.5) is 0 Å². The zero-order chi connectivity index (χ0) is 26.7. The van der Waals surface area contributed by atoms with Crippen molar-refractivity contribution in [3.8, 4) is 0 Å². The van der Waals surface area contributed by atoms with Gasteiger partial charge in [0.1, 0.15) is 20.2 Å². The van der Waals surface area contributed by atoms with Gasteiger partial charge in [0.25, 0.3) is 0 Å². The molecule has 0 aliphatic heterocycles. The van der Waals surface area contributed by atoms with Crippen molar-refractivity contribution in [3.63, 3.8) is 0 Å². The van der Waals surface area contributed by atoms with Gasteiger partial charge in [-0.2, -0.15) is 0 Å². The van der Waals surface area contributed by atoms with Gasteiger partial charge in [-0.05, 0) is 81.6 Å². The van der Waals surface area contributed by atoms with E-state index >= 15 is 0 Å². The summed E-state index contributed by atoms with van der Waals surface area (Å²) in [5, 5.41) is 3.80. The Labute approximate surface area is 249 Å². The minimum atomic E-state index is -4.41. The quantitative estimate of drug-likeness (QED) is 0.229. The van der Waals surface area contributed by atoms with E-state index in [9.17, 15) is 25.9 Å². The first-order chi connectivity index (χ1) is 17.0. The van der Waals surface area contributed by atoms with Crippen molar-refractivity contribution in [2.24, 2.45) is 0 Å². The van der Waals surface area contributed by atoms with Crippen LogP contribution < -0.4 is 0 Å². The van der Waals surface area contributed by atoms with Gasteiger partial charge in [-0.15, -0.1) is 0 Å². The number of rotatable bonds is 6. The van der Waals surface area contributed by atoms with E-state index in [1.54, 1.807) is 12.1 Å². The summed E-state index contributed by atoms with van der Waals surface area (Å²) < 4.78 is 67.5. The molecule has 0 saturated carbocycles. The van der Waals surface area contributed by atoms with E-state index in [2.05, 4.69) is 13.8 Å². The number of benzene rings is 4. The maximum absolute atomic E-state index is 11.3. The van der Waals surface area contributed by atoms with Crippen LogP contribution in [-0.2, 0) is 45.9 Å². The summed E-state index contributed by atoms with van der Waals surface area (Å²) in [6, 6.07) is 17.9. The molecule has 0 radical (unpaired) electrons. The number of hydrogen-bond donors (Lipinski definition) is 0. The smallest absolute Gasteiger partial charge is 0.744 e. The minimum absolute atomic E-state index is 0. The third kappa shape index (κ3) is 6.92. The Morgan fingerprint density at radius 2 is 0.865 bits per heavy atom. The molecule has 0 saturated heterocycles. The van der Waals surface area contributed by atoms with Crippen LogP contribution in [0.3, 0.4) is 0 Å². The van der Waals surface area contributed by atoms with Crippen LogP contribution >= 0.6 is 0 Å². The second kappa shape index (κ2) is 13.0. The Kier molecular flexibility index (Phi) is 11.2. The largest absolute Gasteiger partial charge is 2.00 e. The molecule has 0 N–H and O–H groups in total. The molecule has 0 aromatic heterocycles. The molecule has 0 bridgehead atoms. The Hall–Kier alpha value is -1.52. The van der Waals surface area contributed by atoms with Crippen molar-refractivity contribution in [3.05, 3.63) is 82.9 Å². The summed E-state index contributed by atoms with van der Waals surface area (Å²) in [5.74, 6) is 0. The third-order valence-electron chi connectivity index (χ3n) is 6.45. The van der Waals surface area contributed by atoms with Crippen molar-refractivity contribution >= 4 is 79.5 Å². The van der Waals surface area contributed by atoms with Crippen LogP contribution in [0.5, 0.6) is 0 Å². The molecule has 37 heavy (non-hydrogen) atoms. The fourth-order valence-electron chi connectivity index (χ4n) is 4.75. The van der Waals surface area contributed by atoms with Gasteiger partial charge in [0, 0.05) is 0 Å². The molecule has 0 unspecified atom stereocenters. The Morgan fingerprint density at radius 3 is 1.14 bits per heavy atom. The van der Waals surface area contributed by atoms with Gasteiger partial charge in [0.2, 0.25) is 0 Å². The van der Waals surface area contributed by atoms with Gasteiger partial charge in [0.05, 0.1) is 9.79 Å². The first-order valence-corrected chi connectivity index (χ1v) is 14.8. The molecule has 0 amide bonds. The van der Waals surface area contributed by atoms with Crippen molar-refractivity contribution in [1.29, 1.82) is 0 Å². The molecule has 192 valence electrons. The van der Waals surface area contributed by atoms with E-state index in [-0.39, 0.29) is 47.5 Å². The summed E-state index contributed by atoms with van der Waals surface area (Å²) in [6.45, 7) is 7.83. The predicted octanol–water partition coefficient (Wildman–Crippen LogP) is 5.36. The molecule has 0 aliphatic carbocycles. The van der Waals surface area contributed by atoms with Crippen molar-refractivity contribution < 1.29 is 25.9 Å². The van der Waals surface area contributed by atoms with Crippen molar-refractivity contribution in [2.45, 2.75) is 63.2 Å². The van der Waals surface area contributed by atoms with Crippen molar-refractivity contribution in [1.82, 2.24) is 0 Å². The zero-order valence-corrected chi connectivity index (χ0v) is 25.4. The van der Waals surface area contributed by atoms with E-state index in [0.717, 1.165) is 45.5 Å². The minimum Gasteiger partial charge on any atom is -0.744 e. The Bertz CT molecular complexity index is 1500. The van der Waals surface area contributed by atoms with E-state index in [1.807, 2.05) is 50.2 Å². The number of fused-ring (bicyclic) bond motifs is 2. The van der Waals surface area contributed by atoms with E-state index in [0.29, 0.717) is 24.0 Å². The SMILES string of the molecule is CCc1cccc2c(CC)c(S(=O)(=O)[O-])ccc12.CCc1cccc2c(CC)c(S(=O)(=O)[O-])ccc12.[Ca+2]. The van der Waals surface area contributed by atoms with Crippen LogP contribution in [0.25, 0.3) is 21.5 Å².